The summed E-state index contributed by atoms with van der Waals surface area (Å²) in [6.07, 6.45) is 3.35. The summed E-state index contributed by atoms with van der Waals surface area (Å²) in [4.78, 5) is 13.4. The number of nitrogens with one attached hydrogen (secondary N) is 2. The Morgan fingerprint density at radius 1 is 0.925 bits per heavy atom. The van der Waals surface area contributed by atoms with E-state index in [1.54, 1.807) is 0 Å². The van der Waals surface area contributed by atoms with Gasteiger partial charge in [0.25, 0.3) is 0 Å². The van der Waals surface area contributed by atoms with Gasteiger partial charge in [-0.25, -0.2) is 4.79 Å². The van der Waals surface area contributed by atoms with Gasteiger partial charge in [-0.1, -0.05) is 42.5 Å². The van der Waals surface area contributed by atoms with E-state index in [4.69, 9.17) is 14.2 Å². The molecule has 4 aromatic rings. The second-order valence-electron chi connectivity index (χ2n) is 11.0. The second-order valence-corrected chi connectivity index (χ2v) is 11.0. The number of para-hydroxylation sites is 1. The number of rotatable bonds is 6. The van der Waals surface area contributed by atoms with Crippen LogP contribution in [0.25, 0.3) is 0 Å². The molecule has 0 aromatic heterocycles. The van der Waals surface area contributed by atoms with Crippen LogP contribution >= 0.6 is 0 Å². The molecule has 6 nitrogen and oxygen atoms in total. The minimum Gasteiger partial charge on any atom is -0.456 e. The van der Waals surface area contributed by atoms with Gasteiger partial charge < -0.3 is 24.8 Å². The van der Waals surface area contributed by atoms with Crippen molar-refractivity contribution in [3.8, 4) is 11.5 Å². The topological polar surface area (TPSA) is 68.8 Å². The standard InChI is InChI=1S/C34H32N2O4/c1-21-18-31-27(20-29(21)36-23-10-4-3-5-11-23)34(26-14-7-6-13-25(26)33(37)40-34)32-28(15-8-16-30(32)39-31)35-22(2)19-24-12-9-17-38-24/h3-8,10-11,13-16,18,20,22,24,35-36H,9,12,17,19H2,1-2H3. The lowest BCUT2D eigenvalue weighted by Gasteiger charge is -2.39. The fraction of sp³-hybridized carbons (Fsp3) is 0.265. The fourth-order valence-corrected chi connectivity index (χ4v) is 6.36. The zero-order valence-corrected chi connectivity index (χ0v) is 22.7. The molecular formula is C34H32N2O4. The third-order valence-corrected chi connectivity index (χ3v) is 8.17. The van der Waals surface area contributed by atoms with Gasteiger partial charge in [-0.2, -0.15) is 0 Å². The molecule has 3 heterocycles. The van der Waals surface area contributed by atoms with E-state index >= 15 is 0 Å². The highest BCUT2D eigenvalue weighted by Gasteiger charge is 2.55. The molecular weight excluding hydrogens is 500 g/mol. The summed E-state index contributed by atoms with van der Waals surface area (Å²) >= 11 is 0. The first-order chi connectivity index (χ1) is 19.5. The van der Waals surface area contributed by atoms with Crippen LogP contribution in [0.3, 0.4) is 0 Å². The number of benzene rings is 4. The summed E-state index contributed by atoms with van der Waals surface area (Å²) in [5.74, 6) is 1.02. The van der Waals surface area contributed by atoms with E-state index in [1.807, 2.05) is 78.9 Å². The van der Waals surface area contributed by atoms with Crippen LogP contribution in [0, 0.1) is 6.92 Å². The van der Waals surface area contributed by atoms with Crippen molar-refractivity contribution in [3.05, 3.63) is 113 Å². The van der Waals surface area contributed by atoms with Gasteiger partial charge in [0, 0.05) is 40.8 Å². The smallest absolute Gasteiger partial charge is 0.340 e. The lowest BCUT2D eigenvalue weighted by molar-refractivity contribution is 0.0227. The van der Waals surface area contributed by atoms with Crippen molar-refractivity contribution in [2.24, 2.45) is 0 Å². The van der Waals surface area contributed by atoms with Crippen molar-refractivity contribution in [2.45, 2.75) is 50.9 Å². The molecule has 0 aliphatic carbocycles. The number of anilines is 3. The molecule has 1 spiro atoms. The molecule has 7 rings (SSSR count). The minimum atomic E-state index is -1.16. The molecule has 3 aliphatic heterocycles. The molecule has 3 atom stereocenters. The van der Waals surface area contributed by atoms with Crippen molar-refractivity contribution in [1.82, 2.24) is 0 Å². The Morgan fingerprint density at radius 2 is 1.75 bits per heavy atom. The highest BCUT2D eigenvalue weighted by atomic mass is 16.6. The molecule has 3 aliphatic rings. The Bertz CT molecular complexity index is 1600. The third-order valence-electron chi connectivity index (χ3n) is 8.17. The van der Waals surface area contributed by atoms with E-state index in [1.165, 1.54) is 0 Å². The average Bonchev–Trinajstić information content (AvgIpc) is 3.57. The van der Waals surface area contributed by atoms with Gasteiger partial charge in [0.15, 0.2) is 5.60 Å². The Morgan fingerprint density at radius 3 is 2.58 bits per heavy atom. The SMILES string of the molecule is Cc1cc2c(cc1Nc1ccccc1)C1(OC(=O)c3ccccc31)c1c(NC(C)CC3CCCO3)cccc1O2. The molecule has 1 fully saturated rings. The number of esters is 1. The summed E-state index contributed by atoms with van der Waals surface area (Å²) < 4.78 is 19.0. The van der Waals surface area contributed by atoms with Crippen LogP contribution in [0.15, 0.2) is 84.9 Å². The van der Waals surface area contributed by atoms with E-state index in [2.05, 4.69) is 30.5 Å². The molecule has 40 heavy (non-hydrogen) atoms. The Labute approximate surface area is 234 Å². The van der Waals surface area contributed by atoms with E-state index < -0.39 is 5.60 Å². The Kier molecular flexibility index (Phi) is 6.01. The molecule has 6 heteroatoms. The Balaban J connectivity index is 1.39. The largest absolute Gasteiger partial charge is 0.456 e. The number of hydrogen-bond donors (Lipinski definition) is 2. The maximum Gasteiger partial charge on any atom is 0.340 e. The molecule has 202 valence electrons. The summed E-state index contributed by atoms with van der Waals surface area (Å²) in [5.41, 5.74) is 5.65. The first kappa shape index (κ1) is 24.7. The number of ether oxygens (including phenoxy) is 3. The second kappa shape index (κ2) is 9.72. The van der Waals surface area contributed by atoms with Crippen LogP contribution in [0.2, 0.25) is 0 Å². The van der Waals surface area contributed by atoms with Crippen LogP contribution in [0.1, 0.15) is 58.8 Å². The summed E-state index contributed by atoms with van der Waals surface area (Å²) in [5, 5.41) is 7.27. The number of carbonyl (C=O) groups is 1. The van der Waals surface area contributed by atoms with E-state index in [-0.39, 0.29) is 18.1 Å². The lowest BCUT2D eigenvalue weighted by atomic mass is 9.76. The molecule has 1 saturated heterocycles. The van der Waals surface area contributed by atoms with E-state index in [0.29, 0.717) is 17.1 Å². The van der Waals surface area contributed by atoms with Crippen LogP contribution < -0.4 is 15.4 Å². The number of carbonyl (C=O) groups excluding carboxylic acids is 1. The molecule has 0 amide bonds. The Hall–Kier alpha value is -4.29. The van der Waals surface area contributed by atoms with E-state index in [9.17, 15) is 4.79 Å². The van der Waals surface area contributed by atoms with Gasteiger partial charge in [0.1, 0.15) is 11.5 Å². The lowest BCUT2D eigenvalue weighted by Crippen LogP contribution is -2.35. The minimum absolute atomic E-state index is 0.147. The van der Waals surface area contributed by atoms with Crippen molar-refractivity contribution in [2.75, 3.05) is 17.2 Å². The summed E-state index contributed by atoms with van der Waals surface area (Å²) in [6, 6.07) is 28.0. The maximum absolute atomic E-state index is 13.4. The van der Waals surface area contributed by atoms with Gasteiger partial charge in [-0.05, 0) is 81.1 Å². The molecule has 4 aromatic carbocycles. The summed E-state index contributed by atoms with van der Waals surface area (Å²) in [6.45, 7) is 5.05. The predicted molar refractivity (Wildman–Crippen MR) is 156 cm³/mol. The van der Waals surface area contributed by atoms with Gasteiger partial charge in [0.05, 0.1) is 17.2 Å². The molecule has 0 bridgehead atoms. The first-order valence-electron chi connectivity index (χ1n) is 14.0. The molecule has 0 radical (unpaired) electrons. The van der Waals surface area contributed by atoms with Gasteiger partial charge in [0.2, 0.25) is 0 Å². The third kappa shape index (κ3) is 4.02. The number of aryl methyl sites for hydroxylation is 1. The van der Waals surface area contributed by atoms with Crippen molar-refractivity contribution in [3.63, 3.8) is 0 Å². The maximum atomic E-state index is 13.4. The monoisotopic (exact) mass is 532 g/mol. The van der Waals surface area contributed by atoms with E-state index in [0.717, 1.165) is 65.2 Å². The quantitative estimate of drug-likeness (QED) is 0.248. The highest BCUT2D eigenvalue weighted by Crippen LogP contribution is 2.59. The van der Waals surface area contributed by atoms with Crippen LogP contribution in [-0.4, -0.2) is 24.7 Å². The van der Waals surface area contributed by atoms with Crippen molar-refractivity contribution in [1.29, 1.82) is 0 Å². The van der Waals surface area contributed by atoms with Crippen molar-refractivity contribution >= 4 is 23.0 Å². The summed E-state index contributed by atoms with van der Waals surface area (Å²) in [7, 11) is 0. The average molecular weight is 533 g/mol. The molecule has 2 N–H and O–H groups in total. The van der Waals surface area contributed by atoms with Gasteiger partial charge in [-0.15, -0.1) is 0 Å². The molecule has 0 saturated carbocycles. The number of hydrogen-bond acceptors (Lipinski definition) is 6. The fourth-order valence-electron chi connectivity index (χ4n) is 6.36. The highest BCUT2D eigenvalue weighted by molar-refractivity contribution is 5.97. The normalized spacial score (nSPS) is 21.1. The van der Waals surface area contributed by atoms with Crippen molar-refractivity contribution < 1.29 is 19.0 Å². The zero-order chi connectivity index (χ0) is 27.3. The first-order valence-corrected chi connectivity index (χ1v) is 14.0. The zero-order valence-electron chi connectivity index (χ0n) is 22.7. The van der Waals surface area contributed by atoms with Crippen LogP contribution in [-0.2, 0) is 15.1 Å². The van der Waals surface area contributed by atoms with Gasteiger partial charge in [-0.3, -0.25) is 0 Å². The predicted octanol–water partition coefficient (Wildman–Crippen LogP) is 7.68. The molecule has 3 unspecified atom stereocenters. The van der Waals surface area contributed by atoms with Crippen LogP contribution in [0.5, 0.6) is 11.5 Å². The van der Waals surface area contributed by atoms with Gasteiger partial charge >= 0.3 is 5.97 Å². The number of fused-ring (bicyclic) bond motifs is 6. The van der Waals surface area contributed by atoms with Crippen LogP contribution in [0.4, 0.5) is 17.1 Å².